The highest BCUT2D eigenvalue weighted by Gasteiger charge is 2.23. The second-order valence-electron chi connectivity index (χ2n) is 6.27. The van der Waals surface area contributed by atoms with E-state index in [0.29, 0.717) is 25.1 Å². The van der Waals surface area contributed by atoms with Gasteiger partial charge in [0.05, 0.1) is 0 Å². The van der Waals surface area contributed by atoms with Gasteiger partial charge in [0, 0.05) is 44.2 Å². The molecule has 3 rings (SSSR count). The van der Waals surface area contributed by atoms with Crippen molar-refractivity contribution >= 4 is 11.8 Å². The van der Waals surface area contributed by atoms with Crippen LogP contribution in [-0.2, 0) is 11.3 Å². The number of carbonyl (C=O) groups is 2. The van der Waals surface area contributed by atoms with Crippen LogP contribution in [0.1, 0.15) is 41.6 Å². The van der Waals surface area contributed by atoms with Gasteiger partial charge in [-0.15, -0.1) is 0 Å². The van der Waals surface area contributed by atoms with Crippen LogP contribution in [-0.4, -0.2) is 47.3 Å². The summed E-state index contributed by atoms with van der Waals surface area (Å²) in [6.45, 7) is 2.91. The Labute approximate surface area is 131 Å². The molecule has 1 atom stereocenters. The van der Waals surface area contributed by atoms with E-state index < -0.39 is 0 Å². The summed E-state index contributed by atoms with van der Waals surface area (Å²) in [5.74, 6) is 0.279. The SMILES string of the molecule is NC1CCCN(C(=O)c2ccc(CN3CCCC3=O)cc2)C1. The minimum atomic E-state index is 0.0546. The first-order valence-electron chi connectivity index (χ1n) is 8.05. The van der Waals surface area contributed by atoms with Gasteiger partial charge < -0.3 is 15.5 Å². The molecule has 5 heteroatoms. The smallest absolute Gasteiger partial charge is 0.253 e. The molecule has 0 aliphatic carbocycles. The number of nitrogens with zero attached hydrogens (tertiary/aromatic N) is 2. The summed E-state index contributed by atoms with van der Waals surface area (Å²) in [5.41, 5.74) is 7.71. The maximum absolute atomic E-state index is 12.5. The van der Waals surface area contributed by atoms with Gasteiger partial charge in [-0.05, 0) is 37.0 Å². The topological polar surface area (TPSA) is 66.6 Å². The number of piperidine rings is 1. The predicted octanol–water partition coefficient (Wildman–Crippen LogP) is 1.37. The molecule has 2 heterocycles. The van der Waals surface area contributed by atoms with Crippen molar-refractivity contribution in [3.8, 4) is 0 Å². The van der Waals surface area contributed by atoms with Crippen molar-refractivity contribution in [2.24, 2.45) is 5.73 Å². The van der Waals surface area contributed by atoms with Crippen molar-refractivity contribution in [1.29, 1.82) is 0 Å². The monoisotopic (exact) mass is 301 g/mol. The van der Waals surface area contributed by atoms with Gasteiger partial charge in [0.2, 0.25) is 5.91 Å². The maximum atomic E-state index is 12.5. The Kier molecular flexibility index (Phi) is 4.43. The molecule has 22 heavy (non-hydrogen) atoms. The van der Waals surface area contributed by atoms with Crippen molar-refractivity contribution < 1.29 is 9.59 Å². The number of rotatable bonds is 3. The van der Waals surface area contributed by atoms with Crippen LogP contribution in [0.2, 0.25) is 0 Å². The van der Waals surface area contributed by atoms with E-state index in [1.165, 1.54) is 0 Å². The summed E-state index contributed by atoms with van der Waals surface area (Å²) in [4.78, 5) is 27.8. The fourth-order valence-corrected chi connectivity index (χ4v) is 3.22. The van der Waals surface area contributed by atoms with Crippen molar-refractivity contribution in [3.63, 3.8) is 0 Å². The van der Waals surface area contributed by atoms with Crippen LogP contribution in [0.25, 0.3) is 0 Å². The van der Waals surface area contributed by atoms with Crippen LogP contribution >= 0.6 is 0 Å². The van der Waals surface area contributed by atoms with Crippen molar-refractivity contribution in [3.05, 3.63) is 35.4 Å². The zero-order chi connectivity index (χ0) is 15.5. The number of hydrogen-bond acceptors (Lipinski definition) is 3. The molecule has 5 nitrogen and oxygen atoms in total. The van der Waals surface area contributed by atoms with Gasteiger partial charge in [-0.2, -0.15) is 0 Å². The quantitative estimate of drug-likeness (QED) is 0.917. The third-order valence-electron chi connectivity index (χ3n) is 4.49. The number of nitrogens with two attached hydrogens (primary N) is 1. The maximum Gasteiger partial charge on any atom is 0.253 e. The Morgan fingerprint density at radius 3 is 2.59 bits per heavy atom. The van der Waals surface area contributed by atoms with Crippen molar-refractivity contribution in [2.45, 2.75) is 38.3 Å². The van der Waals surface area contributed by atoms with Crippen molar-refractivity contribution in [1.82, 2.24) is 9.80 Å². The van der Waals surface area contributed by atoms with Crippen LogP contribution in [0.4, 0.5) is 0 Å². The van der Waals surface area contributed by atoms with Gasteiger partial charge in [-0.3, -0.25) is 9.59 Å². The van der Waals surface area contributed by atoms with Crippen LogP contribution < -0.4 is 5.73 Å². The van der Waals surface area contributed by atoms with Gasteiger partial charge in [0.25, 0.3) is 5.91 Å². The first kappa shape index (κ1) is 15.0. The lowest BCUT2D eigenvalue weighted by molar-refractivity contribution is -0.128. The summed E-state index contributed by atoms with van der Waals surface area (Å²) < 4.78 is 0. The molecule has 0 radical (unpaired) electrons. The first-order chi connectivity index (χ1) is 10.6. The molecule has 1 aromatic carbocycles. The molecule has 1 unspecified atom stereocenters. The van der Waals surface area contributed by atoms with E-state index in [0.717, 1.165) is 37.9 Å². The largest absolute Gasteiger partial charge is 0.338 e. The van der Waals surface area contributed by atoms with E-state index in [9.17, 15) is 9.59 Å². The van der Waals surface area contributed by atoms with Crippen LogP contribution in [0.15, 0.2) is 24.3 Å². The van der Waals surface area contributed by atoms with Gasteiger partial charge in [0.1, 0.15) is 0 Å². The molecular formula is C17H23N3O2. The van der Waals surface area contributed by atoms with Gasteiger partial charge >= 0.3 is 0 Å². The molecular weight excluding hydrogens is 278 g/mol. The number of carbonyl (C=O) groups excluding carboxylic acids is 2. The minimum absolute atomic E-state index is 0.0546. The average Bonchev–Trinajstić information content (AvgIpc) is 2.92. The summed E-state index contributed by atoms with van der Waals surface area (Å²) in [5, 5.41) is 0. The molecule has 1 aromatic rings. The minimum Gasteiger partial charge on any atom is -0.338 e. The third-order valence-corrected chi connectivity index (χ3v) is 4.49. The van der Waals surface area contributed by atoms with E-state index in [2.05, 4.69) is 0 Å². The van der Waals surface area contributed by atoms with E-state index in [1.54, 1.807) is 0 Å². The Morgan fingerprint density at radius 2 is 1.95 bits per heavy atom. The third kappa shape index (κ3) is 3.30. The molecule has 2 N–H and O–H groups in total. The second kappa shape index (κ2) is 6.48. The average molecular weight is 301 g/mol. The number of benzene rings is 1. The van der Waals surface area contributed by atoms with Gasteiger partial charge in [0.15, 0.2) is 0 Å². The fraction of sp³-hybridized carbons (Fsp3) is 0.529. The molecule has 2 aliphatic rings. The molecule has 2 fully saturated rings. The van der Waals surface area contributed by atoms with Gasteiger partial charge in [-0.25, -0.2) is 0 Å². The van der Waals surface area contributed by atoms with E-state index in [-0.39, 0.29) is 17.9 Å². The predicted molar refractivity (Wildman–Crippen MR) is 84.2 cm³/mol. The van der Waals surface area contributed by atoms with Crippen LogP contribution in [0.5, 0.6) is 0 Å². The fourth-order valence-electron chi connectivity index (χ4n) is 3.22. The molecule has 0 aromatic heterocycles. The van der Waals surface area contributed by atoms with E-state index in [4.69, 9.17) is 5.73 Å². The Morgan fingerprint density at radius 1 is 1.18 bits per heavy atom. The number of hydrogen-bond donors (Lipinski definition) is 1. The zero-order valence-corrected chi connectivity index (χ0v) is 12.8. The molecule has 2 amide bonds. The van der Waals surface area contributed by atoms with Crippen LogP contribution in [0, 0.1) is 0 Å². The summed E-state index contributed by atoms with van der Waals surface area (Å²) in [6, 6.07) is 7.71. The standard InChI is InChI=1S/C17H23N3O2/c18-15-3-1-10-20(12-15)17(22)14-7-5-13(6-8-14)11-19-9-2-4-16(19)21/h5-8,15H,1-4,9-12,18H2. The molecule has 0 bridgehead atoms. The Bertz CT molecular complexity index is 556. The lowest BCUT2D eigenvalue weighted by Gasteiger charge is -2.30. The molecule has 118 valence electrons. The number of amides is 2. The molecule has 0 spiro atoms. The van der Waals surface area contributed by atoms with Gasteiger partial charge in [-0.1, -0.05) is 12.1 Å². The highest BCUT2D eigenvalue weighted by molar-refractivity contribution is 5.94. The Hall–Kier alpha value is -1.88. The zero-order valence-electron chi connectivity index (χ0n) is 12.8. The lowest BCUT2D eigenvalue weighted by Crippen LogP contribution is -2.45. The lowest BCUT2D eigenvalue weighted by atomic mass is 10.0. The molecule has 2 saturated heterocycles. The molecule has 2 aliphatic heterocycles. The second-order valence-corrected chi connectivity index (χ2v) is 6.27. The van der Waals surface area contributed by atoms with E-state index in [1.807, 2.05) is 34.1 Å². The highest BCUT2D eigenvalue weighted by Crippen LogP contribution is 2.16. The summed E-state index contributed by atoms with van der Waals surface area (Å²) in [7, 11) is 0. The van der Waals surface area contributed by atoms with Crippen LogP contribution in [0.3, 0.4) is 0 Å². The number of likely N-dealkylation sites (tertiary alicyclic amines) is 2. The summed E-state index contributed by atoms with van der Waals surface area (Å²) in [6.07, 6.45) is 3.57. The normalized spacial score (nSPS) is 22.2. The van der Waals surface area contributed by atoms with Crippen molar-refractivity contribution in [2.75, 3.05) is 19.6 Å². The summed E-state index contributed by atoms with van der Waals surface area (Å²) >= 11 is 0. The first-order valence-corrected chi connectivity index (χ1v) is 8.05. The Balaban J connectivity index is 1.63. The van der Waals surface area contributed by atoms with E-state index >= 15 is 0 Å². The molecule has 0 saturated carbocycles. The highest BCUT2D eigenvalue weighted by atomic mass is 16.2.